The molecule has 0 radical (unpaired) electrons. The van der Waals surface area contributed by atoms with Gasteiger partial charge >= 0.3 is 0 Å². The summed E-state index contributed by atoms with van der Waals surface area (Å²) < 4.78 is 1.78. The molecule has 36 heavy (non-hydrogen) atoms. The predicted molar refractivity (Wildman–Crippen MR) is 141 cm³/mol. The highest BCUT2D eigenvalue weighted by atomic mass is 15.3. The number of rotatable bonds is 7. The Morgan fingerprint density at radius 1 is 0.944 bits per heavy atom. The van der Waals surface area contributed by atoms with Crippen LogP contribution in [0.15, 0.2) is 67.1 Å². The van der Waals surface area contributed by atoms with Crippen molar-refractivity contribution >= 4 is 5.65 Å². The maximum atomic E-state index is 5.00. The van der Waals surface area contributed by atoms with Crippen LogP contribution >= 0.6 is 0 Å². The highest BCUT2D eigenvalue weighted by molar-refractivity contribution is 5.77. The fraction of sp³-hybridized carbons (Fsp3) is 0.310. The molecule has 4 heterocycles. The van der Waals surface area contributed by atoms with E-state index in [-0.39, 0.29) is 0 Å². The van der Waals surface area contributed by atoms with E-state index in [0.717, 1.165) is 46.4 Å². The Morgan fingerprint density at radius 2 is 1.83 bits per heavy atom. The molecule has 5 aromatic rings. The number of nitrogens with zero attached hydrogens (tertiary/aromatic N) is 5. The Balaban J connectivity index is 1.26. The van der Waals surface area contributed by atoms with Crippen LogP contribution in [0.4, 0.5) is 0 Å². The molecule has 1 aliphatic rings. The lowest BCUT2D eigenvalue weighted by Gasteiger charge is -2.24. The van der Waals surface area contributed by atoms with Crippen LogP contribution in [0.1, 0.15) is 60.7 Å². The van der Waals surface area contributed by atoms with E-state index in [2.05, 4.69) is 44.6 Å². The summed E-state index contributed by atoms with van der Waals surface area (Å²) in [7, 11) is 0. The van der Waals surface area contributed by atoms with Crippen molar-refractivity contribution in [3.05, 3.63) is 89.8 Å². The van der Waals surface area contributed by atoms with E-state index < -0.39 is 0 Å². The zero-order valence-corrected chi connectivity index (χ0v) is 20.6. The van der Waals surface area contributed by atoms with Gasteiger partial charge in [0.15, 0.2) is 5.65 Å². The standard InChI is InChI=1S/C29H31N7/c1-20-8-7-13-25(33-20)29-28(23-14-15-27-31-19-32-36(27)18-23)34-26(35-29)17-30-16-22-11-5-6-12-24(22)21-9-3-2-4-10-21/h5-8,11-15,18-19,21,30H,2-4,9-10,16-17H2,1H3,(H,34,35). The van der Waals surface area contributed by atoms with Crippen molar-refractivity contribution in [1.82, 2.24) is 34.9 Å². The van der Waals surface area contributed by atoms with Crippen LogP contribution in [0.5, 0.6) is 0 Å². The first kappa shape index (κ1) is 22.6. The molecule has 1 saturated carbocycles. The Kier molecular flexibility index (Phi) is 6.30. The monoisotopic (exact) mass is 477 g/mol. The van der Waals surface area contributed by atoms with E-state index in [1.165, 1.54) is 43.2 Å². The molecule has 0 unspecified atom stereocenters. The second kappa shape index (κ2) is 10.0. The van der Waals surface area contributed by atoms with Gasteiger partial charge in [-0.25, -0.2) is 14.5 Å². The molecule has 0 saturated heterocycles. The molecule has 0 bridgehead atoms. The van der Waals surface area contributed by atoms with E-state index in [1.54, 1.807) is 10.8 Å². The molecule has 0 spiro atoms. The van der Waals surface area contributed by atoms with Crippen LogP contribution in [-0.4, -0.2) is 29.5 Å². The van der Waals surface area contributed by atoms with E-state index in [1.807, 2.05) is 43.5 Å². The number of aromatic nitrogens is 6. The Morgan fingerprint density at radius 3 is 2.72 bits per heavy atom. The molecule has 2 N–H and O–H groups in total. The van der Waals surface area contributed by atoms with E-state index >= 15 is 0 Å². The smallest absolute Gasteiger partial charge is 0.155 e. The molecule has 0 aliphatic heterocycles. The number of hydrogen-bond acceptors (Lipinski definition) is 5. The van der Waals surface area contributed by atoms with Crippen LogP contribution in [0.2, 0.25) is 0 Å². The minimum atomic E-state index is 0.642. The van der Waals surface area contributed by atoms with Crippen LogP contribution in [0.3, 0.4) is 0 Å². The SMILES string of the molecule is Cc1cccc(-c2[nH]c(CNCc3ccccc3C3CCCCC3)nc2-c2ccc3ncnn3c2)n1. The average Bonchev–Trinajstić information content (AvgIpc) is 3.56. The summed E-state index contributed by atoms with van der Waals surface area (Å²) in [6, 6.07) is 19.0. The summed E-state index contributed by atoms with van der Waals surface area (Å²) in [4.78, 5) is 17.6. The van der Waals surface area contributed by atoms with Crippen molar-refractivity contribution < 1.29 is 0 Å². The molecular formula is C29H31N7. The van der Waals surface area contributed by atoms with Crippen molar-refractivity contribution in [3.63, 3.8) is 0 Å². The second-order valence-electron chi connectivity index (χ2n) is 9.69. The summed E-state index contributed by atoms with van der Waals surface area (Å²) in [5.74, 6) is 1.58. The maximum Gasteiger partial charge on any atom is 0.155 e. The zero-order chi connectivity index (χ0) is 24.3. The number of benzene rings is 1. The van der Waals surface area contributed by atoms with E-state index in [4.69, 9.17) is 9.97 Å². The van der Waals surface area contributed by atoms with Crippen LogP contribution in [0.25, 0.3) is 28.3 Å². The van der Waals surface area contributed by atoms with E-state index in [9.17, 15) is 0 Å². The number of pyridine rings is 2. The van der Waals surface area contributed by atoms with Crippen LogP contribution in [0, 0.1) is 6.92 Å². The summed E-state index contributed by atoms with van der Waals surface area (Å²) in [6.45, 7) is 3.47. The lowest BCUT2D eigenvalue weighted by molar-refractivity contribution is 0.440. The zero-order valence-electron chi connectivity index (χ0n) is 20.6. The summed E-state index contributed by atoms with van der Waals surface area (Å²) in [5.41, 5.74) is 8.31. The van der Waals surface area contributed by atoms with Gasteiger partial charge < -0.3 is 10.3 Å². The Bertz CT molecular complexity index is 1480. The van der Waals surface area contributed by atoms with Gasteiger partial charge in [0.05, 0.1) is 23.6 Å². The lowest BCUT2D eigenvalue weighted by atomic mass is 9.82. The number of H-pyrrole nitrogens is 1. The number of fused-ring (bicyclic) bond motifs is 1. The minimum Gasteiger partial charge on any atom is -0.339 e. The van der Waals surface area contributed by atoms with Gasteiger partial charge in [0.2, 0.25) is 0 Å². The maximum absolute atomic E-state index is 5.00. The first-order valence-corrected chi connectivity index (χ1v) is 12.9. The van der Waals surface area contributed by atoms with Gasteiger partial charge in [-0.3, -0.25) is 4.98 Å². The second-order valence-corrected chi connectivity index (χ2v) is 9.69. The van der Waals surface area contributed by atoms with Gasteiger partial charge in [-0.1, -0.05) is 49.6 Å². The first-order valence-electron chi connectivity index (χ1n) is 12.9. The number of aromatic amines is 1. The predicted octanol–water partition coefficient (Wildman–Crippen LogP) is 5.83. The van der Waals surface area contributed by atoms with Gasteiger partial charge in [0.25, 0.3) is 0 Å². The lowest BCUT2D eigenvalue weighted by Crippen LogP contribution is -2.16. The van der Waals surface area contributed by atoms with Crippen molar-refractivity contribution in [2.45, 2.75) is 58.0 Å². The van der Waals surface area contributed by atoms with Gasteiger partial charge in [-0.05, 0) is 61.1 Å². The van der Waals surface area contributed by atoms with Gasteiger partial charge in [0, 0.05) is 24.0 Å². The third-order valence-corrected chi connectivity index (χ3v) is 7.15. The normalized spacial score (nSPS) is 14.5. The average molecular weight is 478 g/mol. The Hall–Kier alpha value is -3.84. The fourth-order valence-electron chi connectivity index (χ4n) is 5.36. The van der Waals surface area contributed by atoms with Crippen LogP contribution < -0.4 is 5.32 Å². The quantitative estimate of drug-likeness (QED) is 0.308. The molecular weight excluding hydrogens is 446 g/mol. The van der Waals surface area contributed by atoms with Crippen molar-refractivity contribution in [3.8, 4) is 22.6 Å². The molecule has 1 aliphatic carbocycles. The third kappa shape index (κ3) is 4.66. The largest absolute Gasteiger partial charge is 0.339 e. The summed E-state index contributed by atoms with van der Waals surface area (Å²) in [5, 5.41) is 7.93. The highest BCUT2D eigenvalue weighted by Gasteiger charge is 2.19. The first-order chi connectivity index (χ1) is 17.7. The number of aryl methyl sites for hydroxylation is 1. The number of hydrogen-bond donors (Lipinski definition) is 2. The molecule has 0 atom stereocenters. The Labute approximate surface area is 211 Å². The van der Waals surface area contributed by atoms with Crippen molar-refractivity contribution in [2.24, 2.45) is 0 Å². The van der Waals surface area contributed by atoms with Crippen molar-refractivity contribution in [1.29, 1.82) is 0 Å². The molecule has 0 amide bonds. The third-order valence-electron chi connectivity index (χ3n) is 7.15. The molecule has 4 aromatic heterocycles. The molecule has 7 nitrogen and oxygen atoms in total. The molecule has 1 fully saturated rings. The minimum absolute atomic E-state index is 0.642. The van der Waals surface area contributed by atoms with Gasteiger partial charge in [-0.2, -0.15) is 5.10 Å². The summed E-state index contributed by atoms with van der Waals surface area (Å²) >= 11 is 0. The van der Waals surface area contributed by atoms with Gasteiger partial charge in [-0.15, -0.1) is 0 Å². The fourth-order valence-corrected chi connectivity index (χ4v) is 5.36. The summed E-state index contributed by atoms with van der Waals surface area (Å²) in [6.07, 6.45) is 10.2. The topological polar surface area (TPSA) is 83.8 Å². The van der Waals surface area contributed by atoms with Crippen molar-refractivity contribution in [2.75, 3.05) is 0 Å². The number of imidazole rings is 1. The molecule has 7 heteroatoms. The highest BCUT2D eigenvalue weighted by Crippen LogP contribution is 2.34. The molecule has 182 valence electrons. The number of nitrogens with one attached hydrogen (secondary N) is 2. The molecule has 1 aromatic carbocycles. The van der Waals surface area contributed by atoms with Crippen LogP contribution in [-0.2, 0) is 13.1 Å². The van der Waals surface area contributed by atoms with Gasteiger partial charge in [0.1, 0.15) is 12.2 Å². The van der Waals surface area contributed by atoms with E-state index in [0.29, 0.717) is 12.5 Å². The molecule has 6 rings (SSSR count).